The van der Waals surface area contributed by atoms with E-state index in [4.69, 9.17) is 23.2 Å². The molecule has 2 nitrogen and oxygen atoms in total. The van der Waals surface area contributed by atoms with E-state index in [2.05, 4.69) is 0 Å². The summed E-state index contributed by atoms with van der Waals surface area (Å²) in [6.07, 6.45) is 0. The lowest BCUT2D eigenvalue weighted by molar-refractivity contribution is 0.0993. The summed E-state index contributed by atoms with van der Waals surface area (Å²) in [6.45, 7) is 3.60. The van der Waals surface area contributed by atoms with Crippen molar-refractivity contribution >= 4 is 39.8 Å². The Kier molecular flexibility index (Phi) is 5.20. The van der Waals surface area contributed by atoms with Crippen LogP contribution >= 0.6 is 23.2 Å². The van der Waals surface area contributed by atoms with Gasteiger partial charge in [0.05, 0.1) is 21.1 Å². The van der Waals surface area contributed by atoms with E-state index < -0.39 is 16.0 Å². The zero-order valence-electron chi connectivity index (χ0n) is 11.6. The number of benzene rings is 2. The van der Waals surface area contributed by atoms with Crippen LogP contribution in [0.4, 0.5) is 0 Å². The molecule has 0 aliphatic rings. The summed E-state index contributed by atoms with van der Waals surface area (Å²) in [5, 5.41) is 0.0653. The molecule has 0 bridgehead atoms. The first-order valence-corrected chi connectivity index (χ1v) is 8.33. The van der Waals surface area contributed by atoms with Crippen LogP contribution in [0.5, 0.6) is 0 Å². The second-order valence-electron chi connectivity index (χ2n) is 4.74. The lowest BCUT2D eigenvalue weighted by Crippen LogP contribution is -2.23. The summed E-state index contributed by atoms with van der Waals surface area (Å²) < 4.78 is 12.5. The Labute approximate surface area is 136 Å². The van der Waals surface area contributed by atoms with Crippen LogP contribution in [0.3, 0.4) is 0 Å². The Balaban J connectivity index is 2.26. The Morgan fingerprint density at radius 1 is 1.10 bits per heavy atom. The highest BCUT2D eigenvalue weighted by atomic mass is 35.5. The maximum atomic E-state index is 12.5. The summed E-state index contributed by atoms with van der Waals surface area (Å²) in [6, 6.07) is 12.0. The second-order valence-corrected chi connectivity index (χ2v) is 7.36. The standard InChI is InChI=1S/C16H14Cl2O2S/c1-10-3-6-13(7-4-10)21(20)11(2)16(19)14-8-5-12(17)9-15(14)18/h3-9,11H,1-2H3. The van der Waals surface area contributed by atoms with Crippen LogP contribution < -0.4 is 0 Å². The van der Waals surface area contributed by atoms with Crippen molar-refractivity contribution in [2.24, 2.45) is 0 Å². The van der Waals surface area contributed by atoms with E-state index in [1.165, 1.54) is 6.07 Å². The van der Waals surface area contributed by atoms with Crippen LogP contribution in [0.25, 0.3) is 0 Å². The van der Waals surface area contributed by atoms with E-state index >= 15 is 0 Å². The summed E-state index contributed by atoms with van der Waals surface area (Å²) in [5.74, 6) is -0.254. The molecule has 21 heavy (non-hydrogen) atoms. The van der Waals surface area contributed by atoms with Gasteiger partial charge in [-0.3, -0.25) is 9.00 Å². The molecule has 0 amide bonds. The molecule has 2 rings (SSSR count). The fourth-order valence-electron chi connectivity index (χ4n) is 1.88. The molecule has 2 unspecified atom stereocenters. The molecule has 0 fully saturated rings. The van der Waals surface area contributed by atoms with Gasteiger partial charge in [-0.25, -0.2) is 0 Å². The van der Waals surface area contributed by atoms with Gasteiger partial charge in [-0.2, -0.15) is 0 Å². The Morgan fingerprint density at radius 3 is 2.29 bits per heavy atom. The molecule has 0 aromatic heterocycles. The third-order valence-electron chi connectivity index (χ3n) is 3.14. The molecule has 2 atom stereocenters. The normalized spacial score (nSPS) is 13.7. The molecular weight excluding hydrogens is 327 g/mol. The van der Waals surface area contributed by atoms with Crippen LogP contribution in [-0.4, -0.2) is 15.2 Å². The lowest BCUT2D eigenvalue weighted by Gasteiger charge is -2.12. The van der Waals surface area contributed by atoms with Crippen LogP contribution in [0.1, 0.15) is 22.8 Å². The number of rotatable bonds is 4. The minimum Gasteiger partial charge on any atom is -0.293 e. The van der Waals surface area contributed by atoms with E-state index in [9.17, 15) is 9.00 Å². The van der Waals surface area contributed by atoms with Gasteiger partial charge in [-0.1, -0.05) is 40.9 Å². The van der Waals surface area contributed by atoms with E-state index in [0.29, 0.717) is 15.5 Å². The first-order chi connectivity index (χ1) is 9.90. The predicted molar refractivity (Wildman–Crippen MR) is 87.8 cm³/mol. The molecule has 0 aliphatic carbocycles. The van der Waals surface area contributed by atoms with Gasteiger partial charge in [0.25, 0.3) is 0 Å². The van der Waals surface area contributed by atoms with Crippen molar-refractivity contribution in [3.63, 3.8) is 0 Å². The average molecular weight is 341 g/mol. The second kappa shape index (κ2) is 6.73. The maximum Gasteiger partial charge on any atom is 0.179 e. The molecular formula is C16H14Cl2O2S. The van der Waals surface area contributed by atoms with Crippen molar-refractivity contribution in [3.8, 4) is 0 Å². The van der Waals surface area contributed by atoms with Gasteiger partial charge >= 0.3 is 0 Å². The summed E-state index contributed by atoms with van der Waals surface area (Å²) >= 11 is 11.9. The molecule has 0 radical (unpaired) electrons. The van der Waals surface area contributed by atoms with E-state index in [0.717, 1.165) is 5.56 Å². The number of carbonyl (C=O) groups is 1. The largest absolute Gasteiger partial charge is 0.293 e. The number of hydrogen-bond donors (Lipinski definition) is 0. The molecule has 0 aliphatic heterocycles. The third-order valence-corrected chi connectivity index (χ3v) is 5.28. The molecule has 0 spiro atoms. The average Bonchev–Trinajstić information content (AvgIpc) is 2.46. The highest BCUT2D eigenvalue weighted by Gasteiger charge is 2.24. The van der Waals surface area contributed by atoms with Crippen LogP contribution in [0, 0.1) is 6.92 Å². The predicted octanol–water partition coefficient (Wildman–Crippen LogP) is 4.68. The van der Waals surface area contributed by atoms with Crippen molar-refractivity contribution in [2.75, 3.05) is 0 Å². The first kappa shape index (κ1) is 16.2. The van der Waals surface area contributed by atoms with Crippen LogP contribution in [0.15, 0.2) is 47.4 Å². The van der Waals surface area contributed by atoms with Gasteiger partial charge in [0, 0.05) is 15.5 Å². The fraction of sp³-hybridized carbons (Fsp3) is 0.188. The van der Waals surface area contributed by atoms with Crippen molar-refractivity contribution in [3.05, 3.63) is 63.6 Å². The number of Topliss-reactive ketones (excluding diaryl/α,β-unsaturated/α-hetero) is 1. The molecule has 2 aromatic carbocycles. The van der Waals surface area contributed by atoms with E-state index in [1.807, 2.05) is 19.1 Å². The van der Waals surface area contributed by atoms with Gasteiger partial charge in [0.15, 0.2) is 5.78 Å². The Bertz CT molecular complexity index is 696. The van der Waals surface area contributed by atoms with Gasteiger partial charge in [0.2, 0.25) is 0 Å². The molecule has 110 valence electrons. The highest BCUT2D eigenvalue weighted by Crippen LogP contribution is 2.24. The summed E-state index contributed by atoms with van der Waals surface area (Å²) in [5.41, 5.74) is 1.42. The van der Waals surface area contributed by atoms with Gasteiger partial charge in [-0.05, 0) is 44.2 Å². The fourth-order valence-corrected chi connectivity index (χ4v) is 3.52. The van der Waals surface area contributed by atoms with Crippen molar-refractivity contribution in [1.29, 1.82) is 0 Å². The topological polar surface area (TPSA) is 34.1 Å². The lowest BCUT2D eigenvalue weighted by atomic mass is 10.1. The molecule has 0 saturated carbocycles. The molecule has 0 N–H and O–H groups in total. The van der Waals surface area contributed by atoms with Crippen LogP contribution in [0.2, 0.25) is 10.0 Å². The van der Waals surface area contributed by atoms with Gasteiger partial charge in [0.1, 0.15) is 0 Å². The smallest absolute Gasteiger partial charge is 0.179 e. The SMILES string of the molecule is Cc1ccc(S(=O)C(C)C(=O)c2ccc(Cl)cc2Cl)cc1. The molecule has 0 heterocycles. The number of hydrogen-bond acceptors (Lipinski definition) is 2. The van der Waals surface area contributed by atoms with E-state index in [1.54, 1.807) is 31.2 Å². The van der Waals surface area contributed by atoms with Crippen molar-refractivity contribution in [1.82, 2.24) is 0 Å². The third kappa shape index (κ3) is 3.73. The van der Waals surface area contributed by atoms with Crippen molar-refractivity contribution in [2.45, 2.75) is 24.0 Å². The van der Waals surface area contributed by atoms with Gasteiger partial charge < -0.3 is 0 Å². The Hall–Kier alpha value is -1.16. The summed E-state index contributed by atoms with van der Waals surface area (Å²) in [4.78, 5) is 13.1. The summed E-state index contributed by atoms with van der Waals surface area (Å²) in [7, 11) is -1.42. The molecule has 0 saturated heterocycles. The van der Waals surface area contributed by atoms with Crippen LogP contribution in [-0.2, 0) is 10.8 Å². The number of carbonyl (C=O) groups excluding carboxylic acids is 1. The zero-order chi connectivity index (χ0) is 15.6. The number of ketones is 1. The minimum atomic E-state index is -1.42. The monoisotopic (exact) mass is 340 g/mol. The highest BCUT2D eigenvalue weighted by molar-refractivity contribution is 7.86. The Morgan fingerprint density at radius 2 is 1.71 bits per heavy atom. The number of halogens is 2. The van der Waals surface area contributed by atoms with Gasteiger partial charge in [-0.15, -0.1) is 0 Å². The quantitative estimate of drug-likeness (QED) is 0.757. The molecule has 2 aromatic rings. The first-order valence-electron chi connectivity index (χ1n) is 6.36. The zero-order valence-corrected chi connectivity index (χ0v) is 13.9. The van der Waals surface area contributed by atoms with E-state index in [-0.39, 0.29) is 10.8 Å². The molecule has 5 heteroatoms. The van der Waals surface area contributed by atoms with Crippen molar-refractivity contribution < 1.29 is 9.00 Å². The number of aryl methyl sites for hydroxylation is 1. The maximum absolute atomic E-state index is 12.5. The minimum absolute atomic E-state index is 0.254.